The molecule has 6 unspecified atom stereocenters. The molecule has 3 fully saturated rings. The van der Waals surface area contributed by atoms with Crippen molar-refractivity contribution in [2.75, 3.05) is 26.9 Å². The molecule has 16 atom stereocenters. The first-order valence-corrected chi connectivity index (χ1v) is 14.0. The molecule has 0 radical (unpaired) electrons. The molecule has 3 heterocycles. The lowest BCUT2D eigenvalue weighted by atomic mass is 10.1. The van der Waals surface area contributed by atoms with Crippen LogP contribution in [0.5, 0.6) is 0 Å². The minimum atomic E-state index is -1.61. The van der Waals surface area contributed by atoms with Crippen molar-refractivity contribution in [2.45, 2.75) is 114 Å². The van der Waals surface area contributed by atoms with Crippen LogP contribution in [0.15, 0.2) is 0 Å². The van der Waals surface area contributed by atoms with E-state index in [1.54, 1.807) is 0 Å². The lowest BCUT2D eigenvalue weighted by Gasteiger charge is -2.26. The molecule has 0 aliphatic carbocycles. The topological polar surface area (TPSA) is 250 Å². The van der Waals surface area contributed by atoms with Crippen LogP contribution in [0.4, 0.5) is 0 Å². The first-order valence-electron chi connectivity index (χ1n) is 14.0. The second-order valence-corrected chi connectivity index (χ2v) is 11.1. The van der Waals surface area contributed by atoms with Gasteiger partial charge in [0.25, 0.3) is 0 Å². The third kappa shape index (κ3) is 8.57. The highest BCUT2D eigenvalue weighted by atomic mass is 16.8. The van der Waals surface area contributed by atoms with Gasteiger partial charge in [-0.05, 0) is 27.7 Å². The van der Waals surface area contributed by atoms with Crippen molar-refractivity contribution < 1.29 is 83.2 Å². The van der Waals surface area contributed by atoms with E-state index in [-0.39, 0.29) is 6.61 Å². The highest BCUT2D eigenvalue weighted by molar-refractivity contribution is 5.73. The molecule has 0 aromatic heterocycles. The van der Waals surface area contributed by atoms with Crippen LogP contribution in [0.2, 0.25) is 0 Å². The van der Waals surface area contributed by atoms with E-state index in [4.69, 9.17) is 37.9 Å². The van der Waals surface area contributed by atoms with Crippen LogP contribution in [-0.2, 0) is 47.5 Å². The van der Waals surface area contributed by atoms with Crippen molar-refractivity contribution in [3.63, 3.8) is 0 Å². The van der Waals surface area contributed by atoms with E-state index in [2.05, 4.69) is 0 Å². The van der Waals surface area contributed by atoms with Crippen LogP contribution >= 0.6 is 0 Å². The molecule has 0 aromatic carbocycles. The van der Waals surface area contributed by atoms with Gasteiger partial charge in [-0.3, -0.25) is 9.59 Å². The summed E-state index contributed by atoms with van der Waals surface area (Å²) in [6.07, 6.45) is -18.2. The van der Waals surface area contributed by atoms with Gasteiger partial charge >= 0.3 is 11.9 Å². The van der Waals surface area contributed by atoms with Crippen molar-refractivity contribution >= 4 is 11.9 Å². The van der Waals surface area contributed by atoms with Crippen molar-refractivity contribution in [2.24, 2.45) is 11.8 Å². The van der Waals surface area contributed by atoms with Crippen LogP contribution in [0.25, 0.3) is 0 Å². The van der Waals surface area contributed by atoms with Gasteiger partial charge in [0.05, 0.1) is 30.7 Å². The highest BCUT2D eigenvalue weighted by Gasteiger charge is 2.52. The number of aliphatic hydroxyl groups excluding tert-OH is 7. The van der Waals surface area contributed by atoms with Crippen LogP contribution in [0.1, 0.15) is 27.7 Å². The summed E-state index contributed by atoms with van der Waals surface area (Å²) in [6, 6.07) is 0. The van der Waals surface area contributed by atoms with Crippen LogP contribution in [0, 0.1) is 11.8 Å². The largest absolute Gasteiger partial charge is 0.463 e. The number of rotatable bonds is 14. The van der Waals surface area contributed by atoms with E-state index in [0.717, 1.165) is 0 Å². The molecule has 17 heteroatoms. The van der Waals surface area contributed by atoms with Crippen molar-refractivity contribution in [1.29, 1.82) is 0 Å². The number of carbonyl (C=O) groups excluding carboxylic acids is 2. The summed E-state index contributed by atoms with van der Waals surface area (Å²) >= 11 is 0. The molecule has 0 aromatic rings. The van der Waals surface area contributed by atoms with Crippen LogP contribution in [0.3, 0.4) is 0 Å². The molecule has 3 aliphatic rings. The number of carbonyl (C=O) groups is 2. The normalized spacial score (nSPS) is 40.7. The zero-order valence-corrected chi connectivity index (χ0v) is 24.6. The van der Waals surface area contributed by atoms with Gasteiger partial charge in [-0.1, -0.05) is 0 Å². The van der Waals surface area contributed by atoms with Gasteiger partial charge in [-0.25, -0.2) is 0 Å². The summed E-state index contributed by atoms with van der Waals surface area (Å²) < 4.78 is 43.3. The maximum Gasteiger partial charge on any atom is 0.311 e. The van der Waals surface area contributed by atoms with Gasteiger partial charge in [-0.2, -0.15) is 0 Å². The second-order valence-electron chi connectivity index (χ2n) is 11.1. The predicted molar refractivity (Wildman–Crippen MR) is 137 cm³/mol. The van der Waals surface area contributed by atoms with E-state index in [9.17, 15) is 45.3 Å². The Balaban J connectivity index is 1.56. The molecule has 3 rings (SSSR count). The quantitative estimate of drug-likeness (QED) is 0.0909. The van der Waals surface area contributed by atoms with Crippen molar-refractivity contribution in [1.82, 2.24) is 0 Å². The molecule has 250 valence electrons. The summed E-state index contributed by atoms with van der Waals surface area (Å²) in [7, 11) is 1.27. The van der Waals surface area contributed by atoms with Crippen LogP contribution < -0.4 is 0 Å². The zero-order chi connectivity index (χ0) is 32.2. The first-order chi connectivity index (χ1) is 20.2. The van der Waals surface area contributed by atoms with E-state index >= 15 is 0 Å². The minimum Gasteiger partial charge on any atom is -0.463 e. The fourth-order valence-electron chi connectivity index (χ4n) is 4.49. The lowest BCUT2D eigenvalue weighted by molar-refractivity contribution is -0.228. The SMILES string of the molecule is CO[C@H]1O[C@H](CO[C@H]2O[C@H](COC(=O)[C@H](C)[C@@H](C)O)C(O)C2O)C(O[C@H]2O[C@H](COC(=O)[C@H](C)[C@@H](C)O)C(O)C2O)C1O. The van der Waals surface area contributed by atoms with Gasteiger partial charge in [0.1, 0.15) is 68.1 Å². The lowest BCUT2D eigenvalue weighted by Crippen LogP contribution is -2.44. The average molecular weight is 629 g/mol. The Morgan fingerprint density at radius 2 is 1.07 bits per heavy atom. The molecule has 3 aliphatic heterocycles. The smallest absolute Gasteiger partial charge is 0.311 e. The maximum absolute atomic E-state index is 12.0. The fraction of sp³-hybridized carbons (Fsp3) is 0.923. The van der Waals surface area contributed by atoms with Gasteiger partial charge < -0.3 is 73.6 Å². The molecule has 7 N–H and O–H groups in total. The Morgan fingerprint density at radius 3 is 1.53 bits per heavy atom. The zero-order valence-electron chi connectivity index (χ0n) is 24.6. The standard InChI is InChI=1S/C26H44O17/c1-9(11(3)27)22(34)37-6-13-16(29)18(31)25(40-13)39-8-15-21(20(33)24(36-5)42-15)43-26-19(32)17(30)14(41-26)7-38-23(35)10(2)12(4)28/h9-21,24-33H,6-8H2,1-5H3/t9-,10-,11-,12-,13-,14-,15-,16?,17?,18?,19?,20?,21?,24+,25+,26-/m1/s1. The second kappa shape index (κ2) is 15.6. The highest BCUT2D eigenvalue weighted by Crippen LogP contribution is 2.32. The molecule has 17 nitrogen and oxygen atoms in total. The monoisotopic (exact) mass is 628 g/mol. The number of esters is 2. The van der Waals surface area contributed by atoms with Crippen LogP contribution in [-0.4, -0.2) is 161 Å². The summed E-state index contributed by atoms with van der Waals surface area (Å²) in [6.45, 7) is 4.52. The Hall–Kier alpha value is -1.58. The van der Waals surface area contributed by atoms with Gasteiger partial charge in [0.15, 0.2) is 18.9 Å². The molecule has 0 amide bonds. The predicted octanol–water partition coefficient (Wildman–Crippen LogP) is -3.87. The molecule has 0 spiro atoms. The molecule has 0 saturated carbocycles. The van der Waals surface area contributed by atoms with E-state index in [1.807, 2.05) is 0 Å². The molecule has 43 heavy (non-hydrogen) atoms. The molecular weight excluding hydrogens is 584 g/mol. The van der Waals surface area contributed by atoms with Crippen molar-refractivity contribution in [3.8, 4) is 0 Å². The summed E-state index contributed by atoms with van der Waals surface area (Å²) in [5.41, 5.74) is 0. The third-order valence-electron chi connectivity index (χ3n) is 7.85. The van der Waals surface area contributed by atoms with E-state index in [1.165, 1.54) is 34.8 Å². The van der Waals surface area contributed by atoms with Gasteiger partial charge in [0.2, 0.25) is 0 Å². The first kappa shape index (κ1) is 35.9. The number of hydrogen-bond donors (Lipinski definition) is 7. The van der Waals surface area contributed by atoms with E-state index in [0.29, 0.717) is 0 Å². The summed E-state index contributed by atoms with van der Waals surface area (Å²) in [5.74, 6) is -3.11. The fourth-order valence-corrected chi connectivity index (χ4v) is 4.49. The number of hydrogen-bond acceptors (Lipinski definition) is 17. The molecule has 0 bridgehead atoms. The summed E-state index contributed by atoms with van der Waals surface area (Å²) in [5, 5.41) is 71.4. The number of aliphatic hydroxyl groups is 7. The van der Waals surface area contributed by atoms with Gasteiger partial charge in [0, 0.05) is 7.11 Å². The number of methoxy groups -OCH3 is 1. The number of ether oxygens (including phenoxy) is 8. The Morgan fingerprint density at radius 1 is 0.628 bits per heavy atom. The maximum atomic E-state index is 12.0. The molecular formula is C26H44O17. The minimum absolute atomic E-state index is 0.384. The Labute approximate surface area is 248 Å². The summed E-state index contributed by atoms with van der Waals surface area (Å²) in [4.78, 5) is 24.0. The average Bonchev–Trinajstić information content (AvgIpc) is 3.53. The Kier molecular flexibility index (Phi) is 13.0. The van der Waals surface area contributed by atoms with Crippen molar-refractivity contribution in [3.05, 3.63) is 0 Å². The Bertz CT molecular complexity index is 903. The third-order valence-corrected chi connectivity index (χ3v) is 7.85. The van der Waals surface area contributed by atoms with E-state index < -0.39 is 123 Å². The molecule has 3 saturated heterocycles. The van der Waals surface area contributed by atoms with Gasteiger partial charge in [-0.15, -0.1) is 0 Å².